The van der Waals surface area contributed by atoms with E-state index in [4.69, 9.17) is 4.74 Å². The minimum atomic E-state index is -0.302. The Bertz CT molecular complexity index is 812. The zero-order valence-electron chi connectivity index (χ0n) is 15.7. The lowest BCUT2D eigenvalue weighted by molar-refractivity contribution is -0.0962. The van der Waals surface area contributed by atoms with Crippen molar-refractivity contribution >= 4 is 5.91 Å². The number of ether oxygens (including phenoxy) is 1. The summed E-state index contributed by atoms with van der Waals surface area (Å²) >= 11 is 0. The van der Waals surface area contributed by atoms with Crippen molar-refractivity contribution in [3.8, 4) is 0 Å². The molecule has 2 aromatic heterocycles. The number of H-pyrrole nitrogens is 2. The van der Waals surface area contributed by atoms with Crippen LogP contribution in [0.5, 0.6) is 0 Å². The fourth-order valence-corrected chi connectivity index (χ4v) is 5.13. The van der Waals surface area contributed by atoms with Gasteiger partial charge < -0.3 is 9.64 Å². The van der Waals surface area contributed by atoms with Crippen molar-refractivity contribution in [1.29, 1.82) is 0 Å². The summed E-state index contributed by atoms with van der Waals surface area (Å²) in [6, 6.07) is 0. The molecule has 1 saturated heterocycles. The first kappa shape index (κ1) is 17.0. The third-order valence-corrected chi connectivity index (χ3v) is 6.69. The Morgan fingerprint density at radius 1 is 1.11 bits per heavy atom. The van der Waals surface area contributed by atoms with Crippen LogP contribution in [0.3, 0.4) is 0 Å². The molecule has 5 rings (SSSR count). The number of fused-ring (bicyclic) bond motifs is 2. The molecule has 2 aromatic rings. The van der Waals surface area contributed by atoms with Crippen LogP contribution in [-0.2, 0) is 16.8 Å². The predicted octanol–water partition coefficient (Wildman–Crippen LogP) is 2.88. The van der Waals surface area contributed by atoms with Gasteiger partial charge in [-0.05, 0) is 37.7 Å². The lowest BCUT2D eigenvalue weighted by Gasteiger charge is -2.43. The molecule has 1 aliphatic carbocycles. The number of aromatic nitrogens is 4. The Balaban J connectivity index is 1.31. The maximum atomic E-state index is 13.2. The summed E-state index contributed by atoms with van der Waals surface area (Å²) in [5.41, 5.74) is 3.89. The molecule has 2 aliphatic heterocycles. The highest BCUT2D eigenvalue weighted by Crippen LogP contribution is 2.41. The number of carbonyl (C=O) groups excluding carboxylic acids is 1. The Labute approximate surface area is 158 Å². The van der Waals surface area contributed by atoms with Crippen LogP contribution >= 0.6 is 0 Å². The maximum absolute atomic E-state index is 13.2. The molecule has 1 spiro atoms. The van der Waals surface area contributed by atoms with Gasteiger partial charge in [0.1, 0.15) is 5.60 Å². The monoisotopic (exact) mass is 369 g/mol. The molecule has 3 aliphatic rings. The van der Waals surface area contributed by atoms with Crippen LogP contribution in [0.15, 0.2) is 12.4 Å². The molecule has 1 amide bonds. The molecule has 2 fully saturated rings. The smallest absolute Gasteiger partial charge is 0.257 e. The van der Waals surface area contributed by atoms with Gasteiger partial charge in [0, 0.05) is 19.0 Å². The summed E-state index contributed by atoms with van der Waals surface area (Å²) in [6.45, 7) is 2.13. The van der Waals surface area contributed by atoms with E-state index in [9.17, 15) is 4.79 Å². The number of hydrogen-bond donors (Lipinski definition) is 2. The molecule has 2 N–H and O–H groups in total. The first-order valence-corrected chi connectivity index (χ1v) is 10.3. The Morgan fingerprint density at radius 3 is 2.70 bits per heavy atom. The molecular formula is C20H27N5O2. The van der Waals surface area contributed by atoms with E-state index < -0.39 is 0 Å². The maximum Gasteiger partial charge on any atom is 0.257 e. The fourth-order valence-electron chi connectivity index (χ4n) is 5.13. The van der Waals surface area contributed by atoms with Gasteiger partial charge in [0.2, 0.25) is 0 Å². The average molecular weight is 369 g/mol. The van der Waals surface area contributed by atoms with E-state index in [0.717, 1.165) is 55.7 Å². The number of hydrogen-bond acceptors (Lipinski definition) is 4. The second-order valence-electron chi connectivity index (χ2n) is 8.19. The van der Waals surface area contributed by atoms with Crippen molar-refractivity contribution in [2.75, 3.05) is 19.7 Å². The summed E-state index contributed by atoms with van der Waals surface area (Å²) in [4.78, 5) is 15.2. The van der Waals surface area contributed by atoms with Gasteiger partial charge in [-0.3, -0.25) is 15.0 Å². The van der Waals surface area contributed by atoms with Gasteiger partial charge in [0.15, 0.2) is 0 Å². The quantitative estimate of drug-likeness (QED) is 0.852. The molecule has 0 radical (unpaired) electrons. The number of piperidine rings is 1. The van der Waals surface area contributed by atoms with Gasteiger partial charge in [-0.1, -0.05) is 19.3 Å². The summed E-state index contributed by atoms with van der Waals surface area (Å²) in [6.07, 6.45) is 12.3. The topological polar surface area (TPSA) is 86.9 Å². The number of nitrogens with zero attached hydrogens (tertiary/aromatic N) is 3. The van der Waals surface area contributed by atoms with Crippen LogP contribution in [-0.4, -0.2) is 50.9 Å². The van der Waals surface area contributed by atoms with E-state index in [2.05, 4.69) is 20.4 Å². The zero-order valence-corrected chi connectivity index (χ0v) is 15.7. The number of likely N-dealkylation sites (tertiary alicyclic amines) is 1. The van der Waals surface area contributed by atoms with Gasteiger partial charge in [-0.25, -0.2) is 0 Å². The van der Waals surface area contributed by atoms with E-state index in [1.165, 1.54) is 24.8 Å². The van der Waals surface area contributed by atoms with Crippen molar-refractivity contribution in [2.24, 2.45) is 0 Å². The molecule has 7 nitrogen and oxygen atoms in total. The van der Waals surface area contributed by atoms with Crippen LogP contribution in [0.2, 0.25) is 0 Å². The molecule has 7 heteroatoms. The van der Waals surface area contributed by atoms with Gasteiger partial charge in [-0.2, -0.15) is 10.2 Å². The Hall–Kier alpha value is -2.15. The first-order valence-electron chi connectivity index (χ1n) is 10.3. The van der Waals surface area contributed by atoms with Crippen molar-refractivity contribution in [2.45, 2.75) is 62.9 Å². The molecule has 0 atom stereocenters. The third kappa shape index (κ3) is 2.88. The van der Waals surface area contributed by atoms with Crippen LogP contribution in [0.1, 0.15) is 78.2 Å². The molecule has 0 aromatic carbocycles. The van der Waals surface area contributed by atoms with E-state index >= 15 is 0 Å². The van der Waals surface area contributed by atoms with Crippen molar-refractivity contribution in [3.05, 3.63) is 34.9 Å². The van der Waals surface area contributed by atoms with Crippen LogP contribution in [0.25, 0.3) is 0 Å². The number of aromatic amines is 2. The minimum Gasteiger partial charge on any atom is -0.368 e. The number of carbonyl (C=O) groups is 1. The number of rotatable bonds is 2. The molecule has 0 unspecified atom stereocenters. The normalized spacial score (nSPS) is 22.7. The standard InChI is InChI=1S/C20H27N5O2/c26-19(16-13-22-23-17(16)14-4-2-1-3-5-14)25-9-7-20(8-10-25)18-15(6-11-27-20)12-21-24-18/h12-14H,1-11H2,(H,21,24)(H,22,23). The summed E-state index contributed by atoms with van der Waals surface area (Å²) in [7, 11) is 0. The largest absolute Gasteiger partial charge is 0.368 e. The molecular weight excluding hydrogens is 342 g/mol. The lowest BCUT2D eigenvalue weighted by atomic mass is 9.83. The van der Waals surface area contributed by atoms with Crippen LogP contribution < -0.4 is 0 Å². The molecule has 1 saturated carbocycles. The highest BCUT2D eigenvalue weighted by molar-refractivity contribution is 5.95. The van der Waals surface area contributed by atoms with E-state index in [1.807, 2.05) is 11.1 Å². The number of nitrogens with one attached hydrogen (secondary N) is 2. The highest BCUT2D eigenvalue weighted by atomic mass is 16.5. The highest BCUT2D eigenvalue weighted by Gasteiger charge is 2.43. The van der Waals surface area contributed by atoms with Crippen LogP contribution in [0.4, 0.5) is 0 Å². The second kappa shape index (κ2) is 6.78. The SMILES string of the molecule is O=C(c1cn[nH]c1C1CCCCC1)N1CCC2(CC1)OCCc1cn[nH]c12. The molecule has 0 bridgehead atoms. The molecule has 4 heterocycles. The Morgan fingerprint density at radius 2 is 1.89 bits per heavy atom. The third-order valence-electron chi connectivity index (χ3n) is 6.69. The minimum absolute atomic E-state index is 0.111. The second-order valence-corrected chi connectivity index (χ2v) is 8.19. The van der Waals surface area contributed by atoms with Gasteiger partial charge in [0.25, 0.3) is 5.91 Å². The first-order chi connectivity index (χ1) is 13.3. The van der Waals surface area contributed by atoms with Gasteiger partial charge >= 0.3 is 0 Å². The van der Waals surface area contributed by atoms with Crippen molar-refractivity contribution in [1.82, 2.24) is 25.3 Å². The molecule has 144 valence electrons. The predicted molar refractivity (Wildman–Crippen MR) is 99.5 cm³/mol. The van der Waals surface area contributed by atoms with E-state index in [0.29, 0.717) is 19.0 Å². The van der Waals surface area contributed by atoms with Crippen molar-refractivity contribution in [3.63, 3.8) is 0 Å². The summed E-state index contributed by atoms with van der Waals surface area (Å²) in [5, 5.41) is 14.7. The van der Waals surface area contributed by atoms with Crippen molar-refractivity contribution < 1.29 is 9.53 Å². The average Bonchev–Trinajstić information content (AvgIpc) is 3.39. The summed E-state index contributed by atoms with van der Waals surface area (Å²) in [5.74, 6) is 0.561. The lowest BCUT2D eigenvalue weighted by Crippen LogP contribution is -2.48. The molecule has 27 heavy (non-hydrogen) atoms. The van der Waals surface area contributed by atoms with Gasteiger partial charge in [0.05, 0.1) is 36.0 Å². The fraction of sp³-hybridized carbons (Fsp3) is 0.650. The van der Waals surface area contributed by atoms with Gasteiger partial charge in [-0.15, -0.1) is 0 Å². The number of amides is 1. The summed E-state index contributed by atoms with van der Waals surface area (Å²) < 4.78 is 6.20. The van der Waals surface area contributed by atoms with E-state index in [-0.39, 0.29) is 11.5 Å². The zero-order chi connectivity index (χ0) is 18.3. The van der Waals surface area contributed by atoms with E-state index in [1.54, 1.807) is 6.20 Å². The van der Waals surface area contributed by atoms with Crippen LogP contribution in [0, 0.1) is 0 Å². The Kier molecular flexibility index (Phi) is 4.27.